The highest BCUT2D eigenvalue weighted by Crippen LogP contribution is 2.18. The molecule has 0 aliphatic carbocycles. The van der Waals surface area contributed by atoms with E-state index < -0.39 is 0 Å². The lowest BCUT2D eigenvalue weighted by Crippen LogP contribution is -2.18. The largest absolute Gasteiger partial charge is 0.465 e. The molecule has 1 atom stereocenters. The van der Waals surface area contributed by atoms with Crippen LogP contribution < -0.4 is 0 Å². The number of ether oxygens (including phenoxy) is 1. The van der Waals surface area contributed by atoms with E-state index in [1.54, 1.807) is 0 Å². The second kappa shape index (κ2) is 11.6. The molecule has 0 aromatic carbocycles. The van der Waals surface area contributed by atoms with E-state index in [0.717, 1.165) is 0 Å². The van der Waals surface area contributed by atoms with Gasteiger partial charge in [-0.15, -0.1) is 0 Å². The number of rotatable bonds is 11. The second-order valence-electron chi connectivity index (χ2n) is 5.64. The molecule has 0 aromatic heterocycles. The summed E-state index contributed by atoms with van der Waals surface area (Å²) in [6.45, 7) is 8.87. The Kier molecular flexibility index (Phi) is 11.2. The van der Waals surface area contributed by atoms with Crippen molar-refractivity contribution in [3.05, 3.63) is 0 Å². The predicted octanol–water partition coefficient (Wildman–Crippen LogP) is 4.96. The first-order valence-corrected chi connectivity index (χ1v) is 7.78. The van der Waals surface area contributed by atoms with Crippen molar-refractivity contribution in [3.8, 4) is 0 Å². The average molecular weight is 256 g/mol. The molecule has 0 aromatic rings. The summed E-state index contributed by atoms with van der Waals surface area (Å²) in [4.78, 5) is 11.5. The Labute approximate surface area is 113 Å². The lowest BCUT2D eigenvalue weighted by Gasteiger charge is -2.17. The summed E-state index contributed by atoms with van der Waals surface area (Å²) >= 11 is 0. The molecule has 0 bridgehead atoms. The standard InChI is InChI=1S/C16H32O2/c1-5-7-9-10-12-15(11-8-6-2)13-18-16(17)14(3)4/h14-15H,5-13H2,1-4H3. The Balaban J connectivity index is 3.86. The first-order valence-electron chi connectivity index (χ1n) is 7.78. The molecule has 1 unspecified atom stereocenters. The number of carbonyl (C=O) groups is 1. The van der Waals surface area contributed by atoms with Crippen molar-refractivity contribution < 1.29 is 9.53 Å². The van der Waals surface area contributed by atoms with Crippen LogP contribution in [0.1, 0.15) is 79.1 Å². The van der Waals surface area contributed by atoms with Crippen molar-refractivity contribution >= 4 is 5.97 Å². The predicted molar refractivity (Wildman–Crippen MR) is 77.6 cm³/mol. The summed E-state index contributed by atoms with van der Waals surface area (Å²) in [6, 6.07) is 0. The van der Waals surface area contributed by atoms with E-state index in [2.05, 4.69) is 13.8 Å². The molecule has 0 saturated carbocycles. The van der Waals surface area contributed by atoms with Gasteiger partial charge in [-0.2, -0.15) is 0 Å². The van der Waals surface area contributed by atoms with Crippen LogP contribution >= 0.6 is 0 Å². The minimum Gasteiger partial charge on any atom is -0.465 e. The zero-order valence-corrected chi connectivity index (χ0v) is 12.8. The van der Waals surface area contributed by atoms with Crippen LogP contribution in [0.2, 0.25) is 0 Å². The third-order valence-electron chi connectivity index (χ3n) is 3.36. The number of esters is 1. The highest BCUT2D eigenvalue weighted by molar-refractivity contribution is 5.71. The van der Waals surface area contributed by atoms with E-state index in [-0.39, 0.29) is 11.9 Å². The van der Waals surface area contributed by atoms with Gasteiger partial charge < -0.3 is 4.74 Å². The normalized spacial score (nSPS) is 12.7. The van der Waals surface area contributed by atoms with Gasteiger partial charge >= 0.3 is 5.97 Å². The van der Waals surface area contributed by atoms with Crippen molar-refractivity contribution in [2.24, 2.45) is 11.8 Å². The van der Waals surface area contributed by atoms with Gasteiger partial charge in [0.05, 0.1) is 12.5 Å². The fourth-order valence-corrected chi connectivity index (χ4v) is 2.03. The zero-order valence-electron chi connectivity index (χ0n) is 12.8. The van der Waals surface area contributed by atoms with Gasteiger partial charge in [0.2, 0.25) is 0 Å². The molecular formula is C16H32O2. The molecular weight excluding hydrogens is 224 g/mol. The molecule has 0 amide bonds. The number of carbonyl (C=O) groups excluding carboxylic acids is 1. The van der Waals surface area contributed by atoms with Crippen LogP contribution in [-0.4, -0.2) is 12.6 Å². The van der Waals surface area contributed by atoms with Crippen LogP contribution in [0, 0.1) is 11.8 Å². The first kappa shape index (κ1) is 17.5. The minimum atomic E-state index is -0.0509. The molecule has 0 aliphatic heterocycles. The minimum absolute atomic E-state index is 0.00286. The summed E-state index contributed by atoms with van der Waals surface area (Å²) in [5.41, 5.74) is 0. The SMILES string of the molecule is CCCCCCC(CCCC)COC(=O)C(C)C. The Morgan fingerprint density at radius 3 is 2.11 bits per heavy atom. The summed E-state index contributed by atoms with van der Waals surface area (Å²) in [7, 11) is 0. The molecule has 0 aliphatic rings. The lowest BCUT2D eigenvalue weighted by molar-refractivity contribution is -0.148. The second-order valence-corrected chi connectivity index (χ2v) is 5.64. The summed E-state index contributed by atoms with van der Waals surface area (Å²) < 4.78 is 5.38. The van der Waals surface area contributed by atoms with E-state index in [0.29, 0.717) is 12.5 Å². The number of hydrogen-bond donors (Lipinski definition) is 0. The third-order valence-corrected chi connectivity index (χ3v) is 3.36. The van der Waals surface area contributed by atoms with Crippen molar-refractivity contribution in [1.29, 1.82) is 0 Å². The van der Waals surface area contributed by atoms with Gasteiger partial charge in [0.1, 0.15) is 0 Å². The molecule has 0 heterocycles. The first-order chi connectivity index (χ1) is 8.61. The Morgan fingerprint density at radius 2 is 1.56 bits per heavy atom. The maximum Gasteiger partial charge on any atom is 0.308 e. The quantitative estimate of drug-likeness (QED) is 0.385. The molecule has 18 heavy (non-hydrogen) atoms. The fourth-order valence-electron chi connectivity index (χ4n) is 2.03. The smallest absolute Gasteiger partial charge is 0.308 e. The van der Waals surface area contributed by atoms with Gasteiger partial charge in [0, 0.05) is 0 Å². The monoisotopic (exact) mass is 256 g/mol. The van der Waals surface area contributed by atoms with Crippen LogP contribution in [0.3, 0.4) is 0 Å². The van der Waals surface area contributed by atoms with Crippen LogP contribution in [-0.2, 0) is 9.53 Å². The van der Waals surface area contributed by atoms with Gasteiger partial charge in [-0.3, -0.25) is 4.79 Å². The van der Waals surface area contributed by atoms with Crippen LogP contribution in [0.5, 0.6) is 0 Å². The maximum absolute atomic E-state index is 11.5. The molecule has 0 spiro atoms. The summed E-state index contributed by atoms with van der Waals surface area (Å²) in [5.74, 6) is 0.520. The number of hydrogen-bond acceptors (Lipinski definition) is 2. The lowest BCUT2D eigenvalue weighted by atomic mass is 9.96. The van der Waals surface area contributed by atoms with Gasteiger partial charge in [-0.25, -0.2) is 0 Å². The van der Waals surface area contributed by atoms with Crippen LogP contribution in [0.4, 0.5) is 0 Å². The molecule has 2 heteroatoms. The Morgan fingerprint density at radius 1 is 0.944 bits per heavy atom. The van der Waals surface area contributed by atoms with Crippen molar-refractivity contribution in [3.63, 3.8) is 0 Å². The Bertz CT molecular complexity index is 199. The van der Waals surface area contributed by atoms with Gasteiger partial charge in [-0.05, 0) is 18.8 Å². The van der Waals surface area contributed by atoms with Crippen molar-refractivity contribution in [2.45, 2.75) is 79.1 Å². The molecule has 0 rings (SSSR count). The highest BCUT2D eigenvalue weighted by Gasteiger charge is 2.13. The maximum atomic E-state index is 11.5. The summed E-state index contributed by atoms with van der Waals surface area (Å²) in [5, 5.41) is 0. The zero-order chi connectivity index (χ0) is 13.8. The average Bonchev–Trinajstić information content (AvgIpc) is 2.36. The number of unbranched alkanes of at least 4 members (excludes halogenated alkanes) is 4. The molecule has 0 saturated heterocycles. The van der Waals surface area contributed by atoms with Crippen LogP contribution in [0.25, 0.3) is 0 Å². The molecule has 0 fully saturated rings. The highest BCUT2D eigenvalue weighted by atomic mass is 16.5. The van der Waals surface area contributed by atoms with Crippen LogP contribution in [0.15, 0.2) is 0 Å². The molecule has 2 nitrogen and oxygen atoms in total. The van der Waals surface area contributed by atoms with Crippen molar-refractivity contribution in [2.75, 3.05) is 6.61 Å². The van der Waals surface area contributed by atoms with Gasteiger partial charge in [-0.1, -0.05) is 66.2 Å². The summed E-state index contributed by atoms with van der Waals surface area (Å²) in [6.07, 6.45) is 10.1. The van der Waals surface area contributed by atoms with E-state index in [9.17, 15) is 4.79 Å². The van der Waals surface area contributed by atoms with Gasteiger partial charge in [0.25, 0.3) is 0 Å². The van der Waals surface area contributed by atoms with Gasteiger partial charge in [0.15, 0.2) is 0 Å². The molecule has 0 radical (unpaired) electrons. The van der Waals surface area contributed by atoms with E-state index in [4.69, 9.17) is 4.74 Å². The molecule has 0 N–H and O–H groups in total. The Hall–Kier alpha value is -0.530. The van der Waals surface area contributed by atoms with E-state index >= 15 is 0 Å². The topological polar surface area (TPSA) is 26.3 Å². The molecule has 108 valence electrons. The fraction of sp³-hybridized carbons (Fsp3) is 0.938. The third kappa shape index (κ3) is 9.49. The van der Waals surface area contributed by atoms with E-state index in [1.165, 1.54) is 51.4 Å². The van der Waals surface area contributed by atoms with E-state index in [1.807, 2.05) is 13.8 Å². The van der Waals surface area contributed by atoms with Crippen molar-refractivity contribution in [1.82, 2.24) is 0 Å².